The van der Waals surface area contributed by atoms with Gasteiger partial charge in [0.1, 0.15) is 17.3 Å². The van der Waals surface area contributed by atoms with Crippen molar-refractivity contribution in [1.29, 1.82) is 10.5 Å². The van der Waals surface area contributed by atoms with Gasteiger partial charge in [0, 0.05) is 0 Å². The molecule has 0 aliphatic carbocycles. The van der Waals surface area contributed by atoms with Crippen LogP contribution in [0, 0.1) is 29.6 Å². The Balaban J connectivity index is 3.18. The fourth-order valence-electron chi connectivity index (χ4n) is 1.07. The molecule has 0 atom stereocenters. The summed E-state index contributed by atoms with van der Waals surface area (Å²) in [6, 6.07) is 5.00. The van der Waals surface area contributed by atoms with E-state index >= 15 is 0 Å². The lowest BCUT2D eigenvalue weighted by Gasteiger charge is -2.13. The van der Waals surface area contributed by atoms with E-state index in [2.05, 4.69) is 15.9 Å². The van der Waals surface area contributed by atoms with Gasteiger partial charge in [0.25, 0.3) is 10.0 Å². The molecule has 1 aromatic rings. The molecule has 0 aliphatic rings. The number of nitrogens with zero attached hydrogens (tertiary/aromatic N) is 3. The van der Waals surface area contributed by atoms with Crippen LogP contribution in [0.15, 0.2) is 14.1 Å². The highest BCUT2D eigenvalue weighted by atomic mass is 79.9. The Morgan fingerprint density at radius 1 is 1.41 bits per heavy atom. The monoisotopic (exact) mass is 333 g/mol. The van der Waals surface area contributed by atoms with Gasteiger partial charge < -0.3 is 0 Å². The zero-order valence-electron chi connectivity index (χ0n) is 8.84. The maximum absolute atomic E-state index is 12.1. The van der Waals surface area contributed by atoms with E-state index in [1.165, 1.54) is 6.07 Å². The minimum Gasteiger partial charge on any atom is -0.206 e. The molecule has 1 heterocycles. The molecule has 0 spiro atoms. The molecule has 1 aromatic heterocycles. The van der Waals surface area contributed by atoms with Crippen LogP contribution in [-0.4, -0.2) is 25.8 Å². The summed E-state index contributed by atoms with van der Waals surface area (Å²) in [5.74, 6) is 0. The Hall–Kier alpha value is -0.930. The lowest BCUT2D eigenvalue weighted by atomic mass is 10.4. The second kappa shape index (κ2) is 5.61. The summed E-state index contributed by atoms with van der Waals surface area (Å²) in [6.07, 6.45) is 0. The van der Waals surface area contributed by atoms with E-state index in [1.807, 2.05) is 0 Å². The van der Waals surface area contributed by atoms with Gasteiger partial charge >= 0.3 is 0 Å². The van der Waals surface area contributed by atoms with Crippen LogP contribution in [0.3, 0.4) is 0 Å². The molecule has 0 saturated heterocycles. The molecule has 1 rings (SSSR count). The Kier molecular flexibility index (Phi) is 4.66. The van der Waals surface area contributed by atoms with E-state index in [0.29, 0.717) is 0 Å². The third-order valence-electron chi connectivity index (χ3n) is 1.92. The highest BCUT2D eigenvalue weighted by Crippen LogP contribution is 2.32. The number of halogens is 1. The summed E-state index contributed by atoms with van der Waals surface area (Å²) < 4.78 is 25.9. The molecule has 0 amide bonds. The third-order valence-corrected chi connectivity index (χ3v) is 6.30. The van der Waals surface area contributed by atoms with E-state index in [-0.39, 0.29) is 17.3 Å². The smallest absolute Gasteiger partial charge is 0.206 e. The second-order valence-corrected chi connectivity index (χ2v) is 7.65. The van der Waals surface area contributed by atoms with Crippen molar-refractivity contribution >= 4 is 37.3 Å². The molecule has 0 N–H and O–H groups in total. The molecule has 90 valence electrons. The Labute approximate surface area is 112 Å². The maximum atomic E-state index is 12.1. The van der Waals surface area contributed by atoms with Crippen LogP contribution in [0.1, 0.15) is 5.56 Å². The first-order chi connectivity index (χ1) is 7.93. The van der Waals surface area contributed by atoms with Crippen molar-refractivity contribution in [2.24, 2.45) is 0 Å². The van der Waals surface area contributed by atoms with Crippen molar-refractivity contribution in [1.82, 2.24) is 4.31 Å². The normalized spacial score (nSPS) is 11.1. The number of sulfonamides is 1. The first kappa shape index (κ1) is 14.1. The van der Waals surface area contributed by atoms with Crippen LogP contribution < -0.4 is 0 Å². The average molecular weight is 334 g/mol. The predicted molar refractivity (Wildman–Crippen MR) is 66.7 cm³/mol. The number of nitriles is 2. The number of hydrogen-bond acceptors (Lipinski definition) is 5. The average Bonchev–Trinajstić information content (AvgIpc) is 2.59. The zero-order chi connectivity index (χ0) is 13.1. The molecule has 0 aromatic carbocycles. The van der Waals surface area contributed by atoms with Crippen LogP contribution in [0.25, 0.3) is 0 Å². The zero-order valence-corrected chi connectivity index (χ0v) is 12.1. The van der Waals surface area contributed by atoms with Gasteiger partial charge in [-0.3, -0.25) is 0 Å². The summed E-state index contributed by atoms with van der Waals surface area (Å²) in [5, 5.41) is 17.1. The molecular formula is C9H8BrN3O2S2. The summed E-state index contributed by atoms with van der Waals surface area (Å²) in [7, 11) is -3.75. The first-order valence-electron chi connectivity index (χ1n) is 4.43. The lowest BCUT2D eigenvalue weighted by Crippen LogP contribution is -2.31. The van der Waals surface area contributed by atoms with Crippen LogP contribution in [-0.2, 0) is 10.0 Å². The summed E-state index contributed by atoms with van der Waals surface area (Å²) in [5.41, 5.74) is 0.808. The highest BCUT2D eigenvalue weighted by molar-refractivity contribution is 9.11. The third kappa shape index (κ3) is 3.05. The molecule has 0 unspecified atom stereocenters. The van der Waals surface area contributed by atoms with Gasteiger partial charge in [0.05, 0.1) is 15.9 Å². The first-order valence-corrected chi connectivity index (χ1v) is 7.48. The SMILES string of the molecule is Cc1cc(S(=O)(=O)N(CC#N)CC#N)sc1Br. The molecule has 0 radical (unpaired) electrons. The predicted octanol–water partition coefficient (Wildman–Crippen LogP) is 1.86. The summed E-state index contributed by atoms with van der Waals surface area (Å²) in [6.45, 7) is 1.12. The standard InChI is InChI=1S/C9H8BrN3O2S2/c1-7-6-8(16-9(7)10)17(14,15)13(4-2-11)5-3-12/h6H,4-5H2,1H3. The van der Waals surface area contributed by atoms with Crippen molar-refractivity contribution in [3.63, 3.8) is 0 Å². The van der Waals surface area contributed by atoms with E-state index in [9.17, 15) is 8.42 Å². The molecule has 0 saturated carbocycles. The second-order valence-electron chi connectivity index (χ2n) is 3.11. The number of aryl methyl sites for hydroxylation is 1. The fraction of sp³-hybridized carbons (Fsp3) is 0.333. The maximum Gasteiger partial charge on any atom is 0.254 e. The van der Waals surface area contributed by atoms with Crippen LogP contribution >= 0.6 is 27.3 Å². The Morgan fingerprint density at radius 2 is 1.94 bits per heavy atom. The van der Waals surface area contributed by atoms with E-state index < -0.39 is 10.0 Å². The minimum absolute atomic E-state index is 0.132. The van der Waals surface area contributed by atoms with Crippen molar-refractivity contribution in [3.05, 3.63) is 15.4 Å². The van der Waals surface area contributed by atoms with Crippen molar-refractivity contribution in [2.45, 2.75) is 11.1 Å². The highest BCUT2D eigenvalue weighted by Gasteiger charge is 2.26. The van der Waals surface area contributed by atoms with Crippen molar-refractivity contribution < 1.29 is 8.42 Å². The van der Waals surface area contributed by atoms with Gasteiger partial charge in [-0.05, 0) is 34.5 Å². The van der Waals surface area contributed by atoms with Gasteiger partial charge in [-0.2, -0.15) is 14.8 Å². The van der Waals surface area contributed by atoms with Crippen molar-refractivity contribution in [2.75, 3.05) is 13.1 Å². The molecule has 0 bridgehead atoms. The molecule has 8 heteroatoms. The number of hydrogen-bond donors (Lipinski definition) is 0. The topological polar surface area (TPSA) is 85.0 Å². The van der Waals surface area contributed by atoms with Crippen LogP contribution in [0.5, 0.6) is 0 Å². The van der Waals surface area contributed by atoms with Gasteiger partial charge in [-0.15, -0.1) is 11.3 Å². The number of thiophene rings is 1. The number of rotatable bonds is 4. The van der Waals surface area contributed by atoms with E-state index in [1.54, 1.807) is 19.1 Å². The molecule has 5 nitrogen and oxygen atoms in total. The molecule has 0 aliphatic heterocycles. The van der Waals surface area contributed by atoms with E-state index in [0.717, 1.165) is 25.0 Å². The van der Waals surface area contributed by atoms with Gasteiger partial charge in [0.2, 0.25) is 0 Å². The Morgan fingerprint density at radius 3 is 2.29 bits per heavy atom. The lowest BCUT2D eigenvalue weighted by molar-refractivity contribution is 0.481. The van der Waals surface area contributed by atoms with Gasteiger partial charge in [0.15, 0.2) is 0 Å². The van der Waals surface area contributed by atoms with Crippen LogP contribution in [0.2, 0.25) is 0 Å². The fourth-order valence-corrected chi connectivity index (χ4v) is 4.68. The van der Waals surface area contributed by atoms with Crippen LogP contribution in [0.4, 0.5) is 0 Å². The quantitative estimate of drug-likeness (QED) is 0.787. The molecule has 0 fully saturated rings. The Bertz CT molecular complexity index is 559. The summed E-state index contributed by atoms with van der Waals surface area (Å²) >= 11 is 4.31. The van der Waals surface area contributed by atoms with Gasteiger partial charge in [-0.1, -0.05) is 0 Å². The van der Waals surface area contributed by atoms with E-state index in [4.69, 9.17) is 10.5 Å². The minimum atomic E-state index is -3.75. The summed E-state index contributed by atoms with van der Waals surface area (Å²) in [4.78, 5) is 0. The molecular weight excluding hydrogens is 326 g/mol. The largest absolute Gasteiger partial charge is 0.254 e. The van der Waals surface area contributed by atoms with Gasteiger partial charge in [-0.25, -0.2) is 8.42 Å². The van der Waals surface area contributed by atoms with Crippen molar-refractivity contribution in [3.8, 4) is 12.1 Å². The molecule has 17 heavy (non-hydrogen) atoms.